The van der Waals surface area contributed by atoms with Crippen LogP contribution in [0.25, 0.3) is 0 Å². The number of hydrogen-bond acceptors (Lipinski definition) is 2. The van der Waals surface area contributed by atoms with E-state index in [-0.39, 0.29) is 12.1 Å². The maximum atomic E-state index is 12.4. The summed E-state index contributed by atoms with van der Waals surface area (Å²) in [5, 5.41) is 0. The Hall–Kier alpha value is -1.75. The highest BCUT2D eigenvalue weighted by molar-refractivity contribution is 5.89. The normalized spacial score (nSPS) is 24.5. The zero-order chi connectivity index (χ0) is 16.1. The van der Waals surface area contributed by atoms with Gasteiger partial charge in [-0.05, 0) is 61.8 Å². The van der Waals surface area contributed by atoms with Gasteiger partial charge < -0.3 is 4.74 Å². The average Bonchev–Trinajstić information content (AvgIpc) is 2.48. The third-order valence-corrected chi connectivity index (χ3v) is 4.61. The third kappa shape index (κ3) is 4.13. The molecule has 22 heavy (non-hydrogen) atoms. The lowest BCUT2D eigenvalue weighted by Gasteiger charge is -2.36. The highest BCUT2D eigenvalue weighted by Gasteiger charge is 2.33. The monoisotopic (exact) mass is 298 g/mol. The van der Waals surface area contributed by atoms with Crippen molar-refractivity contribution in [2.75, 3.05) is 0 Å². The quantitative estimate of drug-likeness (QED) is 0.598. The van der Waals surface area contributed by atoms with Gasteiger partial charge in [-0.15, -0.1) is 5.92 Å². The predicted octanol–water partition coefficient (Wildman–Crippen LogP) is 4.68. The molecule has 2 rings (SSSR count). The molecule has 118 valence electrons. The maximum absolute atomic E-state index is 12.4. The molecule has 0 spiro atoms. The van der Waals surface area contributed by atoms with E-state index in [1.54, 1.807) is 19.1 Å². The fourth-order valence-electron chi connectivity index (χ4n) is 3.29. The van der Waals surface area contributed by atoms with Crippen LogP contribution in [0.1, 0.15) is 62.9 Å². The van der Waals surface area contributed by atoms with Gasteiger partial charge in [0, 0.05) is 5.56 Å². The molecule has 0 N–H and O–H groups in total. The lowest BCUT2D eigenvalue weighted by atomic mass is 9.75. The molecule has 0 saturated heterocycles. The summed E-state index contributed by atoms with van der Waals surface area (Å²) in [6.07, 6.45) is 3.42. The smallest absolute Gasteiger partial charge is 0.338 e. The van der Waals surface area contributed by atoms with Crippen molar-refractivity contribution in [3.8, 4) is 11.8 Å². The molecule has 0 amide bonds. The first-order valence-corrected chi connectivity index (χ1v) is 8.25. The molecular weight excluding hydrogens is 272 g/mol. The zero-order valence-corrected chi connectivity index (χ0v) is 14.1. The summed E-state index contributed by atoms with van der Waals surface area (Å²) in [5.41, 5.74) is 1.53. The van der Waals surface area contributed by atoms with Gasteiger partial charge in [-0.2, -0.15) is 0 Å². The molecule has 0 heterocycles. The molecule has 0 radical (unpaired) electrons. The number of carbonyl (C=O) groups excluding carboxylic acids is 1. The van der Waals surface area contributed by atoms with Gasteiger partial charge in [0.05, 0.1) is 5.56 Å². The standard InChI is InChI=1S/C20H26O2/c1-5-6-16-8-10-17(11-9-16)20(21)22-19-13-15(4)7-12-18(19)14(2)3/h8-11,14-15,18-19H,7,12-13H2,1-4H3/t15-,18+,19-/m1/s1. The second-order valence-corrected chi connectivity index (χ2v) is 6.72. The summed E-state index contributed by atoms with van der Waals surface area (Å²) in [6, 6.07) is 7.35. The minimum Gasteiger partial charge on any atom is -0.458 e. The average molecular weight is 298 g/mol. The van der Waals surface area contributed by atoms with E-state index in [1.165, 1.54) is 6.42 Å². The highest BCUT2D eigenvalue weighted by atomic mass is 16.5. The second kappa shape index (κ2) is 7.49. The van der Waals surface area contributed by atoms with E-state index in [1.807, 2.05) is 12.1 Å². The van der Waals surface area contributed by atoms with E-state index in [0.717, 1.165) is 18.4 Å². The van der Waals surface area contributed by atoms with Crippen LogP contribution in [-0.4, -0.2) is 12.1 Å². The number of carbonyl (C=O) groups is 1. The van der Waals surface area contributed by atoms with Crippen molar-refractivity contribution in [2.24, 2.45) is 17.8 Å². The Balaban J connectivity index is 2.06. The SMILES string of the molecule is CC#Cc1ccc(C(=O)O[C@@H]2C[C@H](C)CC[C@H]2C(C)C)cc1. The van der Waals surface area contributed by atoms with Crippen molar-refractivity contribution in [2.45, 2.75) is 53.1 Å². The predicted molar refractivity (Wildman–Crippen MR) is 89.5 cm³/mol. The van der Waals surface area contributed by atoms with Crippen LogP contribution in [0.15, 0.2) is 24.3 Å². The largest absolute Gasteiger partial charge is 0.458 e. The van der Waals surface area contributed by atoms with E-state index < -0.39 is 0 Å². The fraction of sp³-hybridized carbons (Fsp3) is 0.550. The van der Waals surface area contributed by atoms with Crippen molar-refractivity contribution in [1.29, 1.82) is 0 Å². The van der Waals surface area contributed by atoms with Crippen LogP contribution < -0.4 is 0 Å². The topological polar surface area (TPSA) is 26.3 Å². The van der Waals surface area contributed by atoms with Gasteiger partial charge in [0.1, 0.15) is 6.10 Å². The number of hydrogen-bond donors (Lipinski definition) is 0. The van der Waals surface area contributed by atoms with Gasteiger partial charge in [-0.25, -0.2) is 4.79 Å². The van der Waals surface area contributed by atoms with Gasteiger partial charge >= 0.3 is 5.97 Å². The molecule has 1 aliphatic carbocycles. The Kier molecular flexibility index (Phi) is 5.66. The van der Waals surface area contributed by atoms with Crippen LogP contribution >= 0.6 is 0 Å². The first-order chi connectivity index (χ1) is 10.5. The Morgan fingerprint density at radius 1 is 1.23 bits per heavy atom. The molecule has 1 aromatic rings. The van der Waals surface area contributed by atoms with Crippen molar-refractivity contribution >= 4 is 5.97 Å². The minimum absolute atomic E-state index is 0.0476. The first-order valence-electron chi connectivity index (χ1n) is 8.25. The van der Waals surface area contributed by atoms with E-state index in [9.17, 15) is 4.79 Å². The number of rotatable bonds is 3. The van der Waals surface area contributed by atoms with E-state index in [4.69, 9.17) is 4.74 Å². The Bertz CT molecular complexity index is 560. The van der Waals surface area contributed by atoms with Crippen LogP contribution in [0.4, 0.5) is 0 Å². The summed E-state index contributed by atoms with van der Waals surface area (Å²) in [5.74, 6) is 7.29. The number of ether oxygens (including phenoxy) is 1. The molecule has 1 fully saturated rings. The highest BCUT2D eigenvalue weighted by Crippen LogP contribution is 2.35. The third-order valence-electron chi connectivity index (χ3n) is 4.61. The van der Waals surface area contributed by atoms with Crippen LogP contribution in [-0.2, 0) is 4.74 Å². The molecule has 2 nitrogen and oxygen atoms in total. The van der Waals surface area contributed by atoms with Crippen LogP contribution in [0.2, 0.25) is 0 Å². The van der Waals surface area contributed by atoms with Gasteiger partial charge in [0.15, 0.2) is 0 Å². The fourth-order valence-corrected chi connectivity index (χ4v) is 3.29. The van der Waals surface area contributed by atoms with Crippen molar-refractivity contribution in [3.63, 3.8) is 0 Å². The molecule has 0 bridgehead atoms. The van der Waals surface area contributed by atoms with Crippen molar-refractivity contribution in [1.82, 2.24) is 0 Å². The van der Waals surface area contributed by atoms with Gasteiger partial charge in [0.2, 0.25) is 0 Å². The van der Waals surface area contributed by atoms with Gasteiger partial charge in [-0.3, -0.25) is 0 Å². The first kappa shape index (κ1) is 16.6. The van der Waals surface area contributed by atoms with Crippen LogP contribution in [0.3, 0.4) is 0 Å². The van der Waals surface area contributed by atoms with E-state index >= 15 is 0 Å². The lowest BCUT2D eigenvalue weighted by Crippen LogP contribution is -2.35. The maximum Gasteiger partial charge on any atom is 0.338 e. The molecule has 0 aromatic heterocycles. The van der Waals surface area contributed by atoms with Gasteiger partial charge in [-0.1, -0.05) is 33.1 Å². The number of esters is 1. The van der Waals surface area contributed by atoms with Crippen molar-refractivity contribution < 1.29 is 9.53 Å². The van der Waals surface area contributed by atoms with E-state index in [0.29, 0.717) is 23.3 Å². The Labute approximate surface area is 134 Å². The molecule has 2 heteroatoms. The zero-order valence-electron chi connectivity index (χ0n) is 14.1. The molecule has 1 aliphatic rings. The molecule has 0 unspecified atom stereocenters. The van der Waals surface area contributed by atoms with Crippen LogP contribution in [0, 0.1) is 29.6 Å². The Morgan fingerprint density at radius 3 is 2.50 bits per heavy atom. The minimum atomic E-state index is -0.208. The molecule has 0 aliphatic heterocycles. The molecule has 1 saturated carbocycles. The second-order valence-electron chi connectivity index (χ2n) is 6.72. The van der Waals surface area contributed by atoms with Gasteiger partial charge in [0.25, 0.3) is 0 Å². The summed E-state index contributed by atoms with van der Waals surface area (Å²) < 4.78 is 5.85. The summed E-state index contributed by atoms with van der Waals surface area (Å²) in [7, 11) is 0. The summed E-state index contributed by atoms with van der Waals surface area (Å²) in [6.45, 7) is 8.49. The molecule has 3 atom stereocenters. The Morgan fingerprint density at radius 2 is 1.91 bits per heavy atom. The molecule has 1 aromatic carbocycles. The number of benzene rings is 1. The lowest BCUT2D eigenvalue weighted by molar-refractivity contribution is -0.0174. The van der Waals surface area contributed by atoms with E-state index in [2.05, 4.69) is 32.6 Å². The molecular formula is C20H26O2. The van der Waals surface area contributed by atoms with Crippen LogP contribution in [0.5, 0.6) is 0 Å². The summed E-state index contributed by atoms with van der Waals surface area (Å²) >= 11 is 0. The summed E-state index contributed by atoms with van der Waals surface area (Å²) in [4.78, 5) is 12.4. The van der Waals surface area contributed by atoms with Crippen molar-refractivity contribution in [3.05, 3.63) is 35.4 Å².